The molecule has 0 aliphatic carbocycles. The second-order valence-corrected chi connectivity index (χ2v) is 7.58. The van der Waals surface area contributed by atoms with E-state index >= 15 is 0 Å². The highest BCUT2D eigenvalue weighted by Crippen LogP contribution is 2.28. The number of nitrogens with one attached hydrogen (secondary N) is 3. The van der Waals surface area contributed by atoms with E-state index in [0.29, 0.717) is 6.42 Å². The van der Waals surface area contributed by atoms with E-state index in [4.69, 9.17) is 9.47 Å². The summed E-state index contributed by atoms with van der Waals surface area (Å²) < 4.78 is 10.6. The number of fused-ring (bicyclic) bond motifs is 1. The Bertz CT molecular complexity index is 1200. The average molecular weight is 447 g/mol. The van der Waals surface area contributed by atoms with Gasteiger partial charge >= 0.3 is 18.0 Å². The lowest BCUT2D eigenvalue weighted by Crippen LogP contribution is -2.47. The van der Waals surface area contributed by atoms with Crippen LogP contribution in [0.3, 0.4) is 0 Å². The maximum Gasteiger partial charge on any atom is 0.338 e. The van der Waals surface area contributed by atoms with Crippen molar-refractivity contribution in [3.05, 3.63) is 83.2 Å². The number of hydrogen-bond donors (Lipinski definition) is 3. The Morgan fingerprint density at radius 1 is 1.00 bits per heavy atom. The number of ether oxygens (including phenoxy) is 2. The zero-order valence-electron chi connectivity index (χ0n) is 18.2. The van der Waals surface area contributed by atoms with Crippen LogP contribution in [0.25, 0.3) is 10.9 Å². The number of amides is 2. The predicted octanol–water partition coefficient (Wildman–Crippen LogP) is 3.52. The molecule has 4 rings (SSSR count). The van der Waals surface area contributed by atoms with Crippen molar-refractivity contribution in [3.8, 4) is 0 Å². The smallest absolute Gasteiger partial charge is 0.338 e. The molecule has 0 saturated heterocycles. The molecule has 1 atom stereocenters. The van der Waals surface area contributed by atoms with E-state index in [0.717, 1.165) is 22.0 Å². The van der Waals surface area contributed by atoms with Crippen LogP contribution in [-0.2, 0) is 25.5 Å². The molecule has 2 aromatic carbocycles. The van der Waals surface area contributed by atoms with Crippen molar-refractivity contribution < 1.29 is 23.9 Å². The second-order valence-electron chi connectivity index (χ2n) is 7.58. The average Bonchev–Trinajstić information content (AvgIpc) is 3.25. The minimum Gasteiger partial charge on any atom is -0.463 e. The monoisotopic (exact) mass is 447 g/mol. The molecule has 0 saturated carbocycles. The van der Waals surface area contributed by atoms with Gasteiger partial charge in [0.05, 0.1) is 23.9 Å². The second kappa shape index (κ2) is 10.0. The maximum atomic E-state index is 12.7. The number of hydrogen-bond acceptors (Lipinski definition) is 5. The van der Waals surface area contributed by atoms with Gasteiger partial charge in [-0.15, -0.1) is 0 Å². The predicted molar refractivity (Wildman–Crippen MR) is 122 cm³/mol. The Hall–Kier alpha value is -4.07. The highest BCUT2D eigenvalue weighted by Gasteiger charge is 2.34. The van der Waals surface area contributed by atoms with Crippen molar-refractivity contribution in [1.29, 1.82) is 0 Å². The number of aromatic amines is 1. The summed E-state index contributed by atoms with van der Waals surface area (Å²) in [5, 5.41) is 6.41. The molecule has 1 aliphatic rings. The van der Waals surface area contributed by atoms with Gasteiger partial charge in [-0.05, 0) is 30.5 Å². The van der Waals surface area contributed by atoms with Gasteiger partial charge in [0.1, 0.15) is 6.61 Å². The van der Waals surface area contributed by atoms with Crippen molar-refractivity contribution in [2.75, 3.05) is 13.2 Å². The summed E-state index contributed by atoms with van der Waals surface area (Å²) >= 11 is 0. The summed E-state index contributed by atoms with van der Waals surface area (Å²) in [4.78, 5) is 40.7. The van der Waals surface area contributed by atoms with Crippen molar-refractivity contribution >= 4 is 28.9 Å². The number of para-hydroxylation sites is 1. The molecular formula is C25H25N3O5. The minimum absolute atomic E-state index is 0.165. The first-order valence-electron chi connectivity index (χ1n) is 10.8. The largest absolute Gasteiger partial charge is 0.463 e. The number of aromatic nitrogens is 1. The molecule has 1 aliphatic heterocycles. The fraction of sp³-hybridized carbons (Fsp3) is 0.240. The van der Waals surface area contributed by atoms with Crippen molar-refractivity contribution in [3.63, 3.8) is 0 Å². The highest BCUT2D eigenvalue weighted by molar-refractivity contribution is 5.95. The van der Waals surface area contributed by atoms with Gasteiger partial charge in [0, 0.05) is 23.5 Å². The van der Waals surface area contributed by atoms with E-state index in [2.05, 4.69) is 15.6 Å². The normalized spacial score (nSPS) is 15.7. The van der Waals surface area contributed by atoms with Crippen molar-refractivity contribution in [2.24, 2.45) is 0 Å². The van der Waals surface area contributed by atoms with E-state index in [1.807, 2.05) is 48.7 Å². The number of rotatable bonds is 8. The molecule has 170 valence electrons. The number of carbonyl (C=O) groups is 3. The Morgan fingerprint density at radius 3 is 2.55 bits per heavy atom. The summed E-state index contributed by atoms with van der Waals surface area (Å²) in [5.41, 5.74) is 3.18. The summed E-state index contributed by atoms with van der Waals surface area (Å²) in [6.45, 7) is 1.64. The zero-order valence-corrected chi connectivity index (χ0v) is 18.2. The van der Waals surface area contributed by atoms with Crippen LogP contribution < -0.4 is 10.6 Å². The van der Waals surface area contributed by atoms with Gasteiger partial charge < -0.3 is 25.1 Å². The number of carbonyl (C=O) groups excluding carboxylic acids is 3. The standard InChI is InChI=1S/C25H25N3O5/c1-2-32-24(30)22-20(27-25(31)28-23(22)16-8-4-3-5-9-16)15-33-21(29)13-12-17-14-26-19-11-7-6-10-18(17)19/h3-11,14,23,26H,2,12-13,15H2,1H3,(H2,27,28,31)/t23-/m1/s1. The molecule has 1 aromatic heterocycles. The molecule has 3 aromatic rings. The molecule has 0 bridgehead atoms. The molecule has 0 radical (unpaired) electrons. The minimum atomic E-state index is -0.709. The number of aryl methyl sites for hydroxylation is 1. The quantitative estimate of drug-likeness (QED) is 0.458. The van der Waals surface area contributed by atoms with Gasteiger partial charge in [0.2, 0.25) is 0 Å². The van der Waals surface area contributed by atoms with Gasteiger partial charge in [0.15, 0.2) is 0 Å². The maximum absolute atomic E-state index is 12.7. The van der Waals surface area contributed by atoms with Gasteiger partial charge in [-0.2, -0.15) is 0 Å². The van der Waals surface area contributed by atoms with E-state index in [9.17, 15) is 14.4 Å². The Kier molecular flexibility index (Phi) is 6.73. The summed E-state index contributed by atoms with van der Waals surface area (Å²) in [5.74, 6) is -1.01. The third-order valence-electron chi connectivity index (χ3n) is 5.43. The lowest BCUT2D eigenvalue weighted by molar-refractivity contribution is -0.143. The van der Waals surface area contributed by atoms with E-state index in [1.54, 1.807) is 19.1 Å². The third-order valence-corrected chi connectivity index (χ3v) is 5.43. The lowest BCUT2D eigenvalue weighted by Gasteiger charge is -2.29. The van der Waals surface area contributed by atoms with Gasteiger partial charge in [-0.3, -0.25) is 4.79 Å². The van der Waals surface area contributed by atoms with E-state index in [1.165, 1.54) is 0 Å². The van der Waals surface area contributed by atoms with Crippen molar-refractivity contribution in [2.45, 2.75) is 25.8 Å². The summed E-state index contributed by atoms with van der Waals surface area (Å²) in [6, 6.07) is 15.8. The third kappa shape index (κ3) is 5.06. The molecule has 8 nitrogen and oxygen atoms in total. The van der Waals surface area contributed by atoms with Gasteiger partial charge in [-0.25, -0.2) is 9.59 Å². The number of benzene rings is 2. The molecule has 0 unspecified atom stereocenters. The molecule has 33 heavy (non-hydrogen) atoms. The fourth-order valence-electron chi connectivity index (χ4n) is 3.88. The van der Waals surface area contributed by atoms with Crippen LogP contribution in [0.5, 0.6) is 0 Å². The Labute approximate surface area is 191 Å². The molecule has 2 amide bonds. The van der Waals surface area contributed by atoms with Crippen LogP contribution in [0, 0.1) is 0 Å². The first-order valence-corrected chi connectivity index (χ1v) is 10.8. The number of H-pyrrole nitrogens is 1. The molecule has 8 heteroatoms. The van der Waals surface area contributed by atoms with Crippen LogP contribution in [0.15, 0.2) is 72.1 Å². The van der Waals surface area contributed by atoms with Crippen LogP contribution in [0.2, 0.25) is 0 Å². The van der Waals surface area contributed by atoms with Gasteiger partial charge in [0.25, 0.3) is 0 Å². The number of urea groups is 1. The fourth-order valence-corrected chi connectivity index (χ4v) is 3.88. The van der Waals surface area contributed by atoms with Crippen LogP contribution in [0.4, 0.5) is 4.79 Å². The SMILES string of the molecule is CCOC(=O)C1=C(COC(=O)CCc2c[nH]c3ccccc23)NC(=O)N[C@@H]1c1ccccc1. The van der Waals surface area contributed by atoms with Crippen LogP contribution in [0.1, 0.15) is 30.5 Å². The molecular weight excluding hydrogens is 422 g/mol. The van der Waals surface area contributed by atoms with E-state index < -0.39 is 24.0 Å². The van der Waals surface area contributed by atoms with Gasteiger partial charge in [-0.1, -0.05) is 48.5 Å². The van der Waals surface area contributed by atoms with E-state index in [-0.39, 0.29) is 30.9 Å². The molecule has 0 fully saturated rings. The Balaban J connectivity index is 1.48. The first-order chi connectivity index (χ1) is 16.1. The molecule has 0 spiro atoms. The zero-order chi connectivity index (χ0) is 23.2. The van der Waals surface area contributed by atoms with Crippen molar-refractivity contribution in [1.82, 2.24) is 15.6 Å². The topological polar surface area (TPSA) is 110 Å². The highest BCUT2D eigenvalue weighted by atomic mass is 16.5. The number of esters is 2. The molecule has 3 N–H and O–H groups in total. The lowest BCUT2D eigenvalue weighted by atomic mass is 9.95. The van der Waals surface area contributed by atoms with Crippen LogP contribution >= 0.6 is 0 Å². The summed E-state index contributed by atoms with van der Waals surface area (Å²) in [6.07, 6.45) is 2.56. The summed E-state index contributed by atoms with van der Waals surface area (Å²) in [7, 11) is 0. The first kappa shape index (κ1) is 22.1. The molecule has 2 heterocycles. The van der Waals surface area contributed by atoms with Crippen LogP contribution in [-0.4, -0.2) is 36.2 Å². The Morgan fingerprint density at radius 2 is 1.76 bits per heavy atom.